The van der Waals surface area contributed by atoms with Crippen LogP contribution in [0, 0.1) is 5.92 Å². The molecule has 1 aromatic carbocycles. The molecule has 1 atom stereocenters. The average molecular weight is 429 g/mol. The lowest BCUT2D eigenvalue weighted by atomic mass is 9.96. The summed E-state index contributed by atoms with van der Waals surface area (Å²) in [7, 11) is -8.49. The zero-order chi connectivity index (χ0) is 19.3. The second-order valence-electron chi connectivity index (χ2n) is 6.21. The fraction of sp³-hybridized carbons (Fsp3) is 0.533. The third-order valence-electron chi connectivity index (χ3n) is 3.40. The van der Waals surface area contributed by atoms with Gasteiger partial charge in [0.15, 0.2) is 0 Å². The molecule has 11 heteroatoms. The first-order valence-corrected chi connectivity index (χ1v) is 10.8. The van der Waals surface area contributed by atoms with Crippen LogP contribution in [0.25, 0.3) is 0 Å². The van der Waals surface area contributed by atoms with E-state index in [1.54, 1.807) is 19.1 Å². The molecule has 0 aliphatic heterocycles. The number of carbonyl (C=O) groups excluding carboxylic acids is 1. The summed E-state index contributed by atoms with van der Waals surface area (Å²) in [5.41, 5.74) is 1.80. The lowest BCUT2D eigenvalue weighted by Crippen LogP contribution is -2.43. The summed E-state index contributed by atoms with van der Waals surface area (Å²) in [5, 5.41) is 0. The molecule has 1 rings (SSSR count). The van der Waals surface area contributed by atoms with Crippen molar-refractivity contribution in [3.05, 3.63) is 35.4 Å². The summed E-state index contributed by atoms with van der Waals surface area (Å²) in [5.74, 6) is -1.72. The summed E-state index contributed by atoms with van der Waals surface area (Å²) in [6.45, 7) is 5.23. The van der Waals surface area contributed by atoms with Crippen molar-refractivity contribution in [2.45, 2.75) is 33.1 Å². The van der Waals surface area contributed by atoms with E-state index in [-0.39, 0.29) is 12.4 Å². The van der Waals surface area contributed by atoms with Crippen LogP contribution in [0.5, 0.6) is 0 Å². The summed E-state index contributed by atoms with van der Waals surface area (Å²) < 4.78 is 56.8. The van der Waals surface area contributed by atoms with Crippen molar-refractivity contribution in [2.24, 2.45) is 5.92 Å². The lowest BCUT2D eigenvalue weighted by Gasteiger charge is -2.14. The molecule has 3 N–H and O–H groups in total. The molecule has 0 heterocycles. The smallest absolute Gasteiger partial charge is 0.286 e. The van der Waals surface area contributed by atoms with Crippen LogP contribution in [-0.4, -0.2) is 39.6 Å². The van der Waals surface area contributed by atoms with Crippen molar-refractivity contribution >= 4 is 38.6 Å². The number of halogens is 1. The van der Waals surface area contributed by atoms with Gasteiger partial charge in [-0.1, -0.05) is 38.1 Å². The van der Waals surface area contributed by atoms with E-state index in [1.807, 2.05) is 21.6 Å². The highest BCUT2D eigenvalue weighted by molar-refractivity contribution is 7.88. The quantitative estimate of drug-likeness (QED) is 0.507. The van der Waals surface area contributed by atoms with Crippen LogP contribution in [-0.2, 0) is 31.5 Å². The number of benzene rings is 1. The Morgan fingerprint density at radius 3 is 2.08 bits per heavy atom. The molecule has 0 saturated heterocycles. The molecule has 8 nitrogen and oxygen atoms in total. The molecule has 1 aromatic rings. The van der Waals surface area contributed by atoms with Gasteiger partial charge in [0.25, 0.3) is 10.1 Å². The topological polar surface area (TPSA) is 130 Å². The minimum absolute atomic E-state index is 0. The van der Waals surface area contributed by atoms with Crippen LogP contribution in [0.3, 0.4) is 0 Å². The molecule has 0 fully saturated rings. The molecule has 0 aliphatic carbocycles. The Bertz CT molecular complexity index is 792. The van der Waals surface area contributed by atoms with Gasteiger partial charge in [0.2, 0.25) is 5.91 Å². The third kappa shape index (κ3) is 9.48. The Labute approximate surface area is 161 Å². The second-order valence-corrected chi connectivity index (χ2v) is 9.28. The van der Waals surface area contributed by atoms with E-state index in [0.717, 1.165) is 12.0 Å². The normalized spacial score (nSPS) is 13.1. The van der Waals surface area contributed by atoms with Gasteiger partial charge in [0.1, 0.15) is 0 Å². The zero-order valence-electron chi connectivity index (χ0n) is 14.8. The monoisotopic (exact) mass is 428 g/mol. The Kier molecular flexibility index (Phi) is 9.74. The first kappa shape index (κ1) is 24.8. The lowest BCUT2D eigenvalue weighted by molar-refractivity contribution is -0.120. The number of nitrogens with one attached hydrogen (secondary N) is 2. The number of hydrogen-bond donors (Lipinski definition) is 3. The van der Waals surface area contributed by atoms with Gasteiger partial charge in [-0.3, -0.25) is 9.35 Å². The summed E-state index contributed by atoms with van der Waals surface area (Å²) >= 11 is 0. The molecule has 0 saturated carbocycles. The van der Waals surface area contributed by atoms with Crippen LogP contribution in [0.15, 0.2) is 24.3 Å². The second kappa shape index (κ2) is 10.2. The van der Waals surface area contributed by atoms with Crippen LogP contribution in [0.1, 0.15) is 37.8 Å². The van der Waals surface area contributed by atoms with Crippen LogP contribution < -0.4 is 9.44 Å². The predicted molar refractivity (Wildman–Crippen MR) is 102 cm³/mol. The van der Waals surface area contributed by atoms with E-state index in [9.17, 15) is 21.6 Å². The molecule has 1 amide bonds. The molecular formula is C15H25ClN2O6S2. The highest BCUT2D eigenvalue weighted by Crippen LogP contribution is 2.17. The fourth-order valence-corrected chi connectivity index (χ4v) is 3.50. The van der Waals surface area contributed by atoms with Gasteiger partial charge in [-0.25, -0.2) is 4.72 Å². The van der Waals surface area contributed by atoms with E-state index < -0.39 is 44.5 Å². The number of carbonyl (C=O) groups is 1. The number of rotatable bonds is 9. The maximum Gasteiger partial charge on any atom is 0.301 e. The number of amides is 1. The molecule has 0 bridgehead atoms. The molecule has 150 valence electrons. The minimum atomic E-state index is -4.29. The van der Waals surface area contributed by atoms with E-state index in [2.05, 4.69) is 13.8 Å². The fourth-order valence-electron chi connectivity index (χ4n) is 2.13. The van der Waals surface area contributed by atoms with Crippen molar-refractivity contribution < 1.29 is 26.2 Å². The molecule has 26 heavy (non-hydrogen) atoms. The van der Waals surface area contributed by atoms with Gasteiger partial charge in [-0.05, 0) is 30.4 Å². The Morgan fingerprint density at radius 1 is 1.08 bits per heavy atom. The van der Waals surface area contributed by atoms with Gasteiger partial charge in [-0.2, -0.15) is 21.6 Å². The molecular weight excluding hydrogens is 404 g/mol. The Balaban J connectivity index is 0.00000625. The highest BCUT2D eigenvalue weighted by Gasteiger charge is 2.21. The van der Waals surface area contributed by atoms with E-state index >= 15 is 0 Å². The van der Waals surface area contributed by atoms with Crippen LogP contribution in [0.2, 0.25) is 0 Å². The summed E-state index contributed by atoms with van der Waals surface area (Å²) in [6, 6.07) is 7.36. The average Bonchev–Trinajstić information content (AvgIpc) is 2.44. The van der Waals surface area contributed by atoms with Crippen molar-refractivity contribution in [1.29, 1.82) is 0 Å². The molecule has 0 radical (unpaired) electrons. The molecule has 0 aromatic heterocycles. The van der Waals surface area contributed by atoms with E-state index in [0.29, 0.717) is 11.5 Å². The number of hydrogen-bond acceptors (Lipinski definition) is 5. The van der Waals surface area contributed by atoms with Gasteiger partial charge in [0, 0.05) is 6.54 Å². The summed E-state index contributed by atoms with van der Waals surface area (Å²) in [6.07, 6.45) is 0.910. The van der Waals surface area contributed by atoms with Gasteiger partial charge < -0.3 is 0 Å². The molecule has 0 aliphatic rings. The maximum atomic E-state index is 12.1. The van der Waals surface area contributed by atoms with Gasteiger partial charge in [-0.15, -0.1) is 12.4 Å². The van der Waals surface area contributed by atoms with Gasteiger partial charge in [0.05, 0.1) is 11.7 Å². The van der Waals surface area contributed by atoms with E-state index in [1.165, 1.54) is 0 Å². The zero-order valence-corrected chi connectivity index (χ0v) is 17.2. The predicted octanol–water partition coefficient (Wildman–Crippen LogP) is 1.25. The SMILES string of the molecule is CC(C)Cc1ccc([C@@H](C)C(=O)NS(=O)(=O)NCCS(=O)(=O)O)cc1.Cl. The van der Waals surface area contributed by atoms with Crippen molar-refractivity contribution in [3.63, 3.8) is 0 Å². The largest absolute Gasteiger partial charge is 0.301 e. The Morgan fingerprint density at radius 2 is 1.62 bits per heavy atom. The van der Waals surface area contributed by atoms with Gasteiger partial charge >= 0.3 is 10.2 Å². The molecule has 0 unspecified atom stereocenters. The molecule has 0 spiro atoms. The van der Waals surface area contributed by atoms with E-state index in [4.69, 9.17) is 4.55 Å². The van der Waals surface area contributed by atoms with Crippen LogP contribution in [0.4, 0.5) is 0 Å². The van der Waals surface area contributed by atoms with Crippen LogP contribution >= 0.6 is 12.4 Å². The Hall–Kier alpha value is -1.20. The first-order valence-electron chi connectivity index (χ1n) is 7.75. The highest BCUT2D eigenvalue weighted by atomic mass is 35.5. The maximum absolute atomic E-state index is 12.1. The van der Waals surface area contributed by atoms with Crippen molar-refractivity contribution in [3.8, 4) is 0 Å². The first-order chi connectivity index (χ1) is 11.4. The summed E-state index contributed by atoms with van der Waals surface area (Å²) in [4.78, 5) is 12.1. The third-order valence-corrected chi connectivity index (χ3v) is 5.18. The van der Waals surface area contributed by atoms with Crippen molar-refractivity contribution in [1.82, 2.24) is 9.44 Å². The standard InChI is InChI=1S/C15H24N2O6S2.ClH/c1-11(2)10-13-4-6-14(7-5-13)12(3)15(18)17-25(22,23)16-8-9-24(19,20)21;/h4-7,11-12,16H,8-10H2,1-3H3,(H,17,18)(H,19,20,21);1H/t12-;/m1./s1. The van der Waals surface area contributed by atoms with Crippen molar-refractivity contribution in [2.75, 3.05) is 12.3 Å². The minimum Gasteiger partial charge on any atom is -0.286 e.